The van der Waals surface area contributed by atoms with E-state index in [0.717, 1.165) is 11.4 Å². The molecule has 0 spiro atoms. The van der Waals surface area contributed by atoms with Crippen LogP contribution in [0.1, 0.15) is 44.6 Å². The van der Waals surface area contributed by atoms with E-state index >= 15 is 0 Å². The van der Waals surface area contributed by atoms with Crippen LogP contribution in [-0.2, 0) is 6.54 Å². The fraction of sp³-hybridized carbons (Fsp3) is 0.526. The summed E-state index contributed by atoms with van der Waals surface area (Å²) in [6.07, 6.45) is 11.7. The third kappa shape index (κ3) is 4.38. The van der Waals surface area contributed by atoms with Gasteiger partial charge in [-0.15, -0.1) is 0 Å². The lowest BCUT2D eigenvalue weighted by atomic mass is 9.84. The van der Waals surface area contributed by atoms with Crippen LogP contribution in [0.5, 0.6) is 0 Å². The molecule has 0 aliphatic heterocycles. The SMILES string of the molecule is C[C@@H](C1CCCCC1)N(C)C(=O)NCc1ccnc(-n2cccn2)c1. The van der Waals surface area contributed by atoms with E-state index in [2.05, 4.69) is 22.3 Å². The Hall–Kier alpha value is -2.37. The number of rotatable bonds is 5. The number of hydrogen-bond acceptors (Lipinski definition) is 3. The number of amides is 2. The van der Waals surface area contributed by atoms with Crippen LogP contribution in [0, 0.1) is 5.92 Å². The molecular formula is C19H27N5O. The van der Waals surface area contributed by atoms with Crippen molar-refractivity contribution in [3.05, 3.63) is 42.4 Å². The van der Waals surface area contributed by atoms with E-state index in [1.165, 1.54) is 32.1 Å². The van der Waals surface area contributed by atoms with E-state index in [4.69, 9.17) is 0 Å². The standard InChI is InChI=1S/C19H27N5O/c1-15(17-7-4-3-5-8-17)23(2)19(25)21-14-16-9-11-20-18(13-16)24-12-6-10-22-24/h6,9-13,15,17H,3-5,7-8,14H2,1-2H3,(H,21,25)/t15-/m0/s1. The lowest BCUT2D eigenvalue weighted by Crippen LogP contribution is -2.45. The van der Waals surface area contributed by atoms with Crippen molar-refractivity contribution in [3.63, 3.8) is 0 Å². The number of hydrogen-bond donors (Lipinski definition) is 1. The Morgan fingerprint density at radius 2 is 2.16 bits per heavy atom. The van der Waals surface area contributed by atoms with E-state index in [0.29, 0.717) is 12.5 Å². The Morgan fingerprint density at radius 3 is 2.88 bits per heavy atom. The van der Waals surface area contributed by atoms with Gasteiger partial charge in [-0.25, -0.2) is 14.5 Å². The molecule has 0 saturated heterocycles. The quantitative estimate of drug-likeness (QED) is 0.907. The van der Waals surface area contributed by atoms with Crippen LogP contribution in [0.25, 0.3) is 5.82 Å². The molecule has 0 bridgehead atoms. The lowest BCUT2D eigenvalue weighted by Gasteiger charge is -2.34. The number of carbonyl (C=O) groups excluding carboxylic acids is 1. The van der Waals surface area contributed by atoms with Crippen LogP contribution in [0.15, 0.2) is 36.8 Å². The molecule has 25 heavy (non-hydrogen) atoms. The van der Waals surface area contributed by atoms with Crippen molar-refractivity contribution in [1.82, 2.24) is 25.0 Å². The number of urea groups is 1. The van der Waals surface area contributed by atoms with Gasteiger partial charge in [0.1, 0.15) is 0 Å². The third-order valence-electron chi connectivity index (χ3n) is 5.26. The molecule has 0 aromatic carbocycles. The summed E-state index contributed by atoms with van der Waals surface area (Å²) in [5.41, 5.74) is 1.01. The maximum absolute atomic E-state index is 12.5. The van der Waals surface area contributed by atoms with Crippen molar-refractivity contribution in [1.29, 1.82) is 0 Å². The second-order valence-electron chi connectivity index (χ2n) is 6.88. The molecule has 2 aromatic heterocycles. The van der Waals surface area contributed by atoms with Crippen LogP contribution >= 0.6 is 0 Å². The Bertz CT molecular complexity index is 679. The van der Waals surface area contributed by atoms with E-state index in [-0.39, 0.29) is 12.1 Å². The molecule has 3 rings (SSSR count). The first-order chi connectivity index (χ1) is 12.1. The highest BCUT2D eigenvalue weighted by Crippen LogP contribution is 2.28. The van der Waals surface area contributed by atoms with Crippen molar-refractivity contribution in [2.45, 2.75) is 51.6 Å². The Kier molecular flexibility index (Phi) is 5.68. The van der Waals surface area contributed by atoms with Gasteiger partial charge in [0.05, 0.1) is 0 Å². The summed E-state index contributed by atoms with van der Waals surface area (Å²) in [4.78, 5) is 18.7. The normalized spacial score (nSPS) is 16.4. The van der Waals surface area contributed by atoms with E-state index in [1.807, 2.05) is 36.3 Å². The van der Waals surface area contributed by atoms with Crippen molar-refractivity contribution < 1.29 is 4.79 Å². The highest BCUT2D eigenvalue weighted by molar-refractivity contribution is 5.74. The van der Waals surface area contributed by atoms with Crippen molar-refractivity contribution in [2.24, 2.45) is 5.92 Å². The van der Waals surface area contributed by atoms with Gasteiger partial charge in [-0.05, 0) is 49.4 Å². The molecule has 2 aromatic rings. The summed E-state index contributed by atoms with van der Waals surface area (Å²) in [5, 5.41) is 7.21. The Morgan fingerprint density at radius 1 is 1.36 bits per heavy atom. The van der Waals surface area contributed by atoms with Crippen molar-refractivity contribution in [3.8, 4) is 5.82 Å². The number of pyridine rings is 1. The average molecular weight is 341 g/mol. The highest BCUT2D eigenvalue weighted by atomic mass is 16.2. The van der Waals surface area contributed by atoms with Crippen LogP contribution in [0.4, 0.5) is 4.79 Å². The average Bonchev–Trinajstić information content (AvgIpc) is 3.20. The van der Waals surface area contributed by atoms with Gasteiger partial charge in [0.25, 0.3) is 0 Å². The second-order valence-corrected chi connectivity index (χ2v) is 6.88. The summed E-state index contributed by atoms with van der Waals surface area (Å²) in [6, 6.07) is 5.97. The van der Waals surface area contributed by atoms with Crippen LogP contribution in [0.2, 0.25) is 0 Å². The fourth-order valence-electron chi connectivity index (χ4n) is 3.52. The summed E-state index contributed by atoms with van der Waals surface area (Å²) < 4.78 is 1.71. The van der Waals surface area contributed by atoms with Gasteiger partial charge in [0, 0.05) is 38.2 Å². The maximum atomic E-state index is 12.5. The number of aromatic nitrogens is 3. The molecule has 2 heterocycles. The first-order valence-electron chi connectivity index (χ1n) is 9.11. The van der Waals surface area contributed by atoms with E-state index in [1.54, 1.807) is 17.1 Å². The molecule has 1 aliphatic rings. The maximum Gasteiger partial charge on any atom is 0.317 e. The van der Waals surface area contributed by atoms with Crippen molar-refractivity contribution in [2.75, 3.05) is 7.05 Å². The van der Waals surface area contributed by atoms with Gasteiger partial charge in [0.2, 0.25) is 0 Å². The molecule has 2 amide bonds. The van der Waals surface area contributed by atoms with Gasteiger partial charge in [0.15, 0.2) is 5.82 Å². The first kappa shape index (κ1) is 17.5. The number of nitrogens with zero attached hydrogens (tertiary/aromatic N) is 4. The molecule has 1 atom stereocenters. The lowest BCUT2D eigenvalue weighted by molar-refractivity contribution is 0.156. The van der Waals surface area contributed by atoms with Gasteiger partial charge in [-0.1, -0.05) is 19.3 Å². The topological polar surface area (TPSA) is 63.1 Å². The smallest absolute Gasteiger partial charge is 0.317 e. The van der Waals surface area contributed by atoms with E-state index < -0.39 is 0 Å². The van der Waals surface area contributed by atoms with Gasteiger partial charge >= 0.3 is 6.03 Å². The molecule has 0 radical (unpaired) electrons. The predicted molar refractivity (Wildman–Crippen MR) is 97.4 cm³/mol. The van der Waals surface area contributed by atoms with Gasteiger partial charge < -0.3 is 10.2 Å². The molecule has 1 saturated carbocycles. The molecule has 0 unspecified atom stereocenters. The van der Waals surface area contributed by atoms with Gasteiger partial charge in [-0.3, -0.25) is 0 Å². The monoisotopic (exact) mass is 341 g/mol. The summed E-state index contributed by atoms with van der Waals surface area (Å²) in [5.74, 6) is 1.37. The summed E-state index contributed by atoms with van der Waals surface area (Å²) in [7, 11) is 1.90. The third-order valence-corrected chi connectivity index (χ3v) is 5.26. The molecule has 6 nitrogen and oxygen atoms in total. The molecule has 1 N–H and O–H groups in total. The molecular weight excluding hydrogens is 314 g/mol. The number of carbonyl (C=O) groups is 1. The van der Waals surface area contributed by atoms with E-state index in [9.17, 15) is 4.79 Å². The minimum Gasteiger partial charge on any atom is -0.334 e. The fourth-order valence-corrected chi connectivity index (χ4v) is 3.52. The second kappa shape index (κ2) is 8.14. The Balaban J connectivity index is 1.55. The Labute approximate surface area is 149 Å². The molecule has 134 valence electrons. The minimum absolute atomic E-state index is 0.0180. The summed E-state index contributed by atoms with van der Waals surface area (Å²) >= 11 is 0. The largest absolute Gasteiger partial charge is 0.334 e. The molecule has 1 aliphatic carbocycles. The van der Waals surface area contributed by atoms with Crippen LogP contribution in [0.3, 0.4) is 0 Å². The van der Waals surface area contributed by atoms with Gasteiger partial charge in [-0.2, -0.15) is 5.10 Å². The zero-order valence-electron chi connectivity index (χ0n) is 15.1. The summed E-state index contributed by atoms with van der Waals surface area (Å²) in [6.45, 7) is 2.65. The van der Waals surface area contributed by atoms with Crippen LogP contribution in [-0.4, -0.2) is 38.8 Å². The highest BCUT2D eigenvalue weighted by Gasteiger charge is 2.25. The number of nitrogens with one attached hydrogen (secondary N) is 1. The molecule has 1 fully saturated rings. The predicted octanol–water partition coefficient (Wildman–Crippen LogP) is 3.38. The minimum atomic E-state index is -0.0180. The first-order valence-corrected chi connectivity index (χ1v) is 9.11. The zero-order valence-corrected chi connectivity index (χ0v) is 15.1. The van der Waals surface area contributed by atoms with Crippen LogP contribution < -0.4 is 5.32 Å². The zero-order chi connectivity index (χ0) is 17.6. The van der Waals surface area contributed by atoms with Crippen molar-refractivity contribution >= 4 is 6.03 Å². The molecule has 6 heteroatoms.